The van der Waals surface area contributed by atoms with Crippen LogP contribution in [0.2, 0.25) is 0 Å². The summed E-state index contributed by atoms with van der Waals surface area (Å²) in [5.74, 6) is -0.730. The number of carboxylic acid groups (broad SMARTS) is 1. The minimum absolute atomic E-state index is 0.0272. The molecule has 26 heavy (non-hydrogen) atoms. The molecule has 0 aliphatic carbocycles. The number of aromatic nitrogens is 1. The molecule has 1 N–H and O–H groups in total. The van der Waals surface area contributed by atoms with Crippen molar-refractivity contribution < 1.29 is 14.7 Å². The second-order valence-electron chi connectivity index (χ2n) is 6.56. The van der Waals surface area contributed by atoms with Crippen molar-refractivity contribution >= 4 is 33.4 Å². The largest absolute Gasteiger partial charge is 0.478 e. The third-order valence-electron chi connectivity index (χ3n) is 4.89. The van der Waals surface area contributed by atoms with Gasteiger partial charge in [0.25, 0.3) is 5.91 Å². The average Bonchev–Trinajstić information content (AvgIpc) is 3.15. The number of rotatable bonds is 3. The van der Waals surface area contributed by atoms with E-state index >= 15 is 0 Å². The predicted octanol–water partition coefficient (Wildman–Crippen LogP) is 4.01. The predicted molar refractivity (Wildman–Crippen MR) is 101 cm³/mol. The van der Waals surface area contributed by atoms with Crippen molar-refractivity contribution in [3.05, 3.63) is 64.7 Å². The molecule has 2 aromatic carbocycles. The van der Waals surface area contributed by atoms with Gasteiger partial charge in [0.05, 0.1) is 21.3 Å². The van der Waals surface area contributed by atoms with E-state index in [1.165, 1.54) is 11.3 Å². The summed E-state index contributed by atoms with van der Waals surface area (Å²) in [6.45, 7) is 1.34. The number of thiazole rings is 1. The summed E-state index contributed by atoms with van der Waals surface area (Å²) in [5, 5.41) is 9.20. The number of likely N-dealkylation sites (tertiary alicyclic amines) is 1. The fraction of sp³-hybridized carbons (Fsp3) is 0.250. The lowest BCUT2D eigenvalue weighted by molar-refractivity contribution is 0.0688. The average molecular weight is 366 g/mol. The Labute approximate surface area is 154 Å². The fourth-order valence-electron chi connectivity index (χ4n) is 3.53. The lowest BCUT2D eigenvalue weighted by atomic mass is 9.89. The first-order chi connectivity index (χ1) is 12.6. The molecule has 1 atom stereocenters. The molecule has 0 bridgehead atoms. The van der Waals surface area contributed by atoms with Crippen LogP contribution in [0, 0.1) is 0 Å². The number of fused-ring (bicyclic) bond motifs is 1. The standard InChI is InChI=1S/C20H18N2O3S/c23-19(14-6-7-17-18(10-14)26-12-21-17)22-8-2-5-16(11-22)13-3-1-4-15(9-13)20(24)25/h1,3-4,6-7,9-10,12,16H,2,5,8,11H2,(H,24,25)/t16-/m1/s1. The molecule has 6 heteroatoms. The monoisotopic (exact) mass is 366 g/mol. The molecule has 1 amide bonds. The van der Waals surface area contributed by atoms with Crippen LogP contribution in [0.1, 0.15) is 45.0 Å². The van der Waals surface area contributed by atoms with Crippen LogP contribution in [-0.2, 0) is 0 Å². The summed E-state index contributed by atoms with van der Waals surface area (Å²) in [6.07, 6.45) is 1.87. The molecule has 0 radical (unpaired) electrons. The Bertz CT molecular complexity index is 982. The minimum Gasteiger partial charge on any atom is -0.478 e. The van der Waals surface area contributed by atoms with Gasteiger partial charge in [-0.3, -0.25) is 4.79 Å². The summed E-state index contributed by atoms with van der Waals surface area (Å²) in [7, 11) is 0. The summed E-state index contributed by atoms with van der Waals surface area (Å²) >= 11 is 1.53. The Morgan fingerprint density at radius 3 is 2.88 bits per heavy atom. The Morgan fingerprint density at radius 1 is 1.15 bits per heavy atom. The maximum absolute atomic E-state index is 12.9. The second kappa shape index (κ2) is 6.88. The van der Waals surface area contributed by atoms with Crippen LogP contribution in [0.4, 0.5) is 0 Å². The number of hydrogen-bond acceptors (Lipinski definition) is 4. The van der Waals surface area contributed by atoms with Crippen LogP contribution in [-0.4, -0.2) is 40.0 Å². The van der Waals surface area contributed by atoms with Gasteiger partial charge in [-0.15, -0.1) is 11.3 Å². The molecule has 1 saturated heterocycles. The number of carboxylic acids is 1. The smallest absolute Gasteiger partial charge is 0.335 e. The van der Waals surface area contributed by atoms with Gasteiger partial charge in [0.2, 0.25) is 0 Å². The summed E-state index contributed by atoms with van der Waals surface area (Å²) in [4.78, 5) is 30.3. The third kappa shape index (κ3) is 3.20. The quantitative estimate of drug-likeness (QED) is 0.760. The van der Waals surface area contributed by atoms with E-state index in [-0.39, 0.29) is 11.8 Å². The number of carbonyl (C=O) groups excluding carboxylic acids is 1. The van der Waals surface area contributed by atoms with Gasteiger partial charge in [-0.25, -0.2) is 9.78 Å². The molecular formula is C20H18N2O3S. The molecule has 5 nitrogen and oxygen atoms in total. The zero-order chi connectivity index (χ0) is 18.1. The molecule has 132 valence electrons. The first-order valence-corrected chi connectivity index (χ1v) is 9.45. The maximum atomic E-state index is 12.9. The highest BCUT2D eigenvalue weighted by Crippen LogP contribution is 2.29. The normalized spacial score (nSPS) is 17.4. The first-order valence-electron chi connectivity index (χ1n) is 8.57. The van der Waals surface area contributed by atoms with Crippen LogP contribution in [0.25, 0.3) is 10.2 Å². The molecule has 0 unspecified atom stereocenters. The van der Waals surface area contributed by atoms with E-state index in [1.807, 2.05) is 29.2 Å². The van der Waals surface area contributed by atoms with Crippen LogP contribution in [0.15, 0.2) is 48.0 Å². The topological polar surface area (TPSA) is 70.5 Å². The van der Waals surface area contributed by atoms with Gasteiger partial charge in [0.15, 0.2) is 0 Å². The number of piperidine rings is 1. The van der Waals surface area contributed by atoms with Crippen LogP contribution < -0.4 is 0 Å². The van der Waals surface area contributed by atoms with Crippen LogP contribution in [0.3, 0.4) is 0 Å². The Kier molecular flexibility index (Phi) is 4.42. The van der Waals surface area contributed by atoms with Crippen molar-refractivity contribution in [2.45, 2.75) is 18.8 Å². The number of nitrogens with zero attached hydrogens (tertiary/aromatic N) is 2. The number of amides is 1. The molecule has 1 aliphatic heterocycles. The second-order valence-corrected chi connectivity index (χ2v) is 7.44. The zero-order valence-electron chi connectivity index (χ0n) is 14.1. The molecule has 1 aliphatic rings. The number of carbonyl (C=O) groups is 2. The minimum atomic E-state index is -0.923. The van der Waals surface area contributed by atoms with Crippen molar-refractivity contribution in [3.63, 3.8) is 0 Å². The van der Waals surface area contributed by atoms with E-state index in [2.05, 4.69) is 4.98 Å². The van der Waals surface area contributed by atoms with Gasteiger partial charge in [0.1, 0.15) is 0 Å². The lowest BCUT2D eigenvalue weighted by Crippen LogP contribution is -2.39. The van der Waals surface area contributed by atoms with Crippen molar-refractivity contribution in [1.29, 1.82) is 0 Å². The molecule has 2 heterocycles. The highest BCUT2D eigenvalue weighted by molar-refractivity contribution is 7.16. The Balaban J connectivity index is 1.55. The van der Waals surface area contributed by atoms with Crippen LogP contribution >= 0.6 is 11.3 Å². The Morgan fingerprint density at radius 2 is 2.04 bits per heavy atom. The third-order valence-corrected chi connectivity index (χ3v) is 5.68. The number of hydrogen-bond donors (Lipinski definition) is 1. The van der Waals surface area contributed by atoms with Crippen molar-refractivity contribution in [3.8, 4) is 0 Å². The lowest BCUT2D eigenvalue weighted by Gasteiger charge is -2.33. The van der Waals surface area contributed by atoms with Gasteiger partial charge in [-0.2, -0.15) is 0 Å². The van der Waals surface area contributed by atoms with Gasteiger partial charge >= 0.3 is 5.97 Å². The molecular weight excluding hydrogens is 348 g/mol. The van der Waals surface area contributed by atoms with Crippen LogP contribution in [0.5, 0.6) is 0 Å². The molecule has 0 saturated carbocycles. The number of benzene rings is 2. The number of aromatic carboxylic acids is 1. The van der Waals surface area contributed by atoms with Gasteiger partial charge in [-0.05, 0) is 48.7 Å². The summed E-state index contributed by atoms with van der Waals surface area (Å²) in [6, 6.07) is 12.7. The van der Waals surface area contributed by atoms with Gasteiger partial charge in [-0.1, -0.05) is 12.1 Å². The van der Waals surface area contributed by atoms with Gasteiger partial charge < -0.3 is 10.0 Å². The summed E-state index contributed by atoms with van der Waals surface area (Å²) < 4.78 is 1.01. The maximum Gasteiger partial charge on any atom is 0.335 e. The molecule has 1 aromatic heterocycles. The molecule has 0 spiro atoms. The van der Waals surface area contributed by atoms with Crippen molar-refractivity contribution in [2.24, 2.45) is 0 Å². The SMILES string of the molecule is O=C(O)c1cccc([C@@H]2CCCN(C(=O)c3ccc4ncsc4c3)C2)c1. The van der Waals surface area contributed by atoms with Crippen molar-refractivity contribution in [1.82, 2.24) is 9.88 Å². The van der Waals surface area contributed by atoms with Crippen molar-refractivity contribution in [2.75, 3.05) is 13.1 Å². The van der Waals surface area contributed by atoms with E-state index in [9.17, 15) is 14.7 Å². The van der Waals surface area contributed by atoms with E-state index in [1.54, 1.807) is 23.7 Å². The van der Waals surface area contributed by atoms with E-state index in [4.69, 9.17) is 0 Å². The van der Waals surface area contributed by atoms with E-state index in [0.29, 0.717) is 17.7 Å². The van der Waals surface area contributed by atoms with Gasteiger partial charge in [0, 0.05) is 24.6 Å². The molecule has 4 rings (SSSR count). The highest BCUT2D eigenvalue weighted by Gasteiger charge is 2.26. The fourth-order valence-corrected chi connectivity index (χ4v) is 4.25. The molecule has 3 aromatic rings. The van der Waals surface area contributed by atoms with E-state index < -0.39 is 5.97 Å². The molecule has 1 fully saturated rings. The Hall–Kier alpha value is -2.73. The summed E-state index contributed by atoms with van der Waals surface area (Å²) in [5.41, 5.74) is 4.66. The zero-order valence-corrected chi connectivity index (χ0v) is 14.9. The first kappa shape index (κ1) is 16.7. The highest BCUT2D eigenvalue weighted by atomic mass is 32.1. The van der Waals surface area contributed by atoms with E-state index in [0.717, 1.165) is 35.2 Å².